The minimum absolute atomic E-state index is 0.169. The van der Waals surface area contributed by atoms with Crippen molar-refractivity contribution in [2.75, 3.05) is 5.32 Å². The lowest BCUT2D eigenvalue weighted by atomic mass is 9.91. The van der Waals surface area contributed by atoms with Gasteiger partial charge in [-0.2, -0.15) is 5.10 Å². The van der Waals surface area contributed by atoms with Crippen LogP contribution in [0.15, 0.2) is 6.07 Å². The average molecular weight is 237 g/mol. The molecule has 0 aliphatic heterocycles. The Kier molecular flexibility index (Phi) is 2.73. The molecule has 1 amide bonds. The van der Waals surface area contributed by atoms with Gasteiger partial charge in [0.25, 0.3) is 5.91 Å². The van der Waals surface area contributed by atoms with Crippen molar-refractivity contribution in [3.8, 4) is 0 Å². The van der Waals surface area contributed by atoms with Crippen molar-refractivity contribution >= 4 is 11.7 Å². The highest BCUT2D eigenvalue weighted by atomic mass is 16.3. The third-order valence-corrected chi connectivity index (χ3v) is 2.74. The zero-order chi connectivity index (χ0) is 12.7. The topological polar surface area (TPSA) is 78.0 Å². The first-order chi connectivity index (χ1) is 7.78. The summed E-state index contributed by atoms with van der Waals surface area (Å²) in [7, 11) is 0. The number of amides is 1. The molecular weight excluding hydrogens is 218 g/mol. The normalized spacial score (nSPS) is 17.9. The van der Waals surface area contributed by atoms with Gasteiger partial charge in [-0.3, -0.25) is 9.89 Å². The summed E-state index contributed by atoms with van der Waals surface area (Å²) in [6, 6.07) is 1.81. The molecule has 0 unspecified atom stereocenters. The van der Waals surface area contributed by atoms with Gasteiger partial charge in [-0.25, -0.2) is 0 Å². The number of carbonyl (C=O) groups is 1. The minimum Gasteiger partial charge on any atom is -0.380 e. The van der Waals surface area contributed by atoms with E-state index in [0.29, 0.717) is 18.7 Å². The number of anilines is 1. The Balaban J connectivity index is 1.97. The van der Waals surface area contributed by atoms with Crippen molar-refractivity contribution < 1.29 is 9.90 Å². The second-order valence-electron chi connectivity index (χ2n) is 6.00. The zero-order valence-electron chi connectivity index (χ0n) is 10.5. The van der Waals surface area contributed by atoms with E-state index in [1.807, 2.05) is 6.07 Å². The Hall–Kier alpha value is -1.36. The molecule has 1 heterocycles. The fourth-order valence-corrected chi connectivity index (χ4v) is 1.67. The molecule has 1 fully saturated rings. The fraction of sp³-hybridized carbons (Fsp3) is 0.667. The van der Waals surface area contributed by atoms with E-state index in [1.165, 1.54) is 0 Å². The number of hydrogen-bond acceptors (Lipinski definition) is 3. The molecule has 5 nitrogen and oxygen atoms in total. The Morgan fingerprint density at radius 2 is 2.24 bits per heavy atom. The van der Waals surface area contributed by atoms with Crippen LogP contribution < -0.4 is 5.32 Å². The van der Waals surface area contributed by atoms with Crippen LogP contribution in [0.1, 0.15) is 39.3 Å². The van der Waals surface area contributed by atoms with E-state index in [0.717, 1.165) is 12.1 Å². The van der Waals surface area contributed by atoms with E-state index in [-0.39, 0.29) is 11.3 Å². The molecule has 1 aliphatic rings. The molecule has 0 saturated heterocycles. The number of aliphatic hydroxyl groups is 1. The van der Waals surface area contributed by atoms with Crippen LogP contribution in [0.3, 0.4) is 0 Å². The summed E-state index contributed by atoms with van der Waals surface area (Å²) in [5, 5.41) is 19.1. The van der Waals surface area contributed by atoms with Gasteiger partial charge < -0.3 is 10.4 Å². The first-order valence-electron chi connectivity index (χ1n) is 5.87. The Bertz CT molecular complexity index is 427. The third-order valence-electron chi connectivity index (χ3n) is 2.74. The fourth-order valence-electron chi connectivity index (χ4n) is 1.67. The largest absolute Gasteiger partial charge is 0.380 e. The Morgan fingerprint density at radius 3 is 2.76 bits per heavy atom. The molecule has 17 heavy (non-hydrogen) atoms. The number of hydrogen-bond donors (Lipinski definition) is 3. The molecule has 2 rings (SSSR count). The van der Waals surface area contributed by atoms with Crippen LogP contribution in [-0.2, 0) is 11.2 Å². The number of nitrogens with one attached hydrogen (secondary N) is 2. The number of aromatic nitrogens is 2. The van der Waals surface area contributed by atoms with Crippen molar-refractivity contribution in [1.29, 1.82) is 0 Å². The van der Waals surface area contributed by atoms with Gasteiger partial charge in [-0.1, -0.05) is 20.8 Å². The summed E-state index contributed by atoms with van der Waals surface area (Å²) < 4.78 is 0. The van der Waals surface area contributed by atoms with E-state index < -0.39 is 5.60 Å². The molecule has 1 aliphatic carbocycles. The van der Waals surface area contributed by atoms with Crippen LogP contribution in [0.2, 0.25) is 0 Å². The molecule has 0 atom stereocenters. The van der Waals surface area contributed by atoms with Gasteiger partial charge in [-0.15, -0.1) is 0 Å². The van der Waals surface area contributed by atoms with E-state index in [1.54, 1.807) is 0 Å². The van der Waals surface area contributed by atoms with E-state index in [4.69, 9.17) is 0 Å². The lowest BCUT2D eigenvalue weighted by molar-refractivity contribution is -0.125. The molecule has 3 N–H and O–H groups in total. The van der Waals surface area contributed by atoms with Crippen molar-refractivity contribution in [2.45, 2.75) is 45.6 Å². The predicted molar refractivity (Wildman–Crippen MR) is 64.6 cm³/mol. The Morgan fingerprint density at radius 1 is 1.59 bits per heavy atom. The maximum Gasteiger partial charge on any atom is 0.257 e. The number of aromatic amines is 1. The monoisotopic (exact) mass is 237 g/mol. The van der Waals surface area contributed by atoms with Gasteiger partial charge in [0.15, 0.2) is 5.82 Å². The van der Waals surface area contributed by atoms with Crippen molar-refractivity contribution in [3.63, 3.8) is 0 Å². The third kappa shape index (κ3) is 3.06. The summed E-state index contributed by atoms with van der Waals surface area (Å²) in [5.41, 5.74) is 0.00152. The van der Waals surface area contributed by atoms with Crippen LogP contribution in [0.25, 0.3) is 0 Å². The smallest absolute Gasteiger partial charge is 0.257 e. The minimum atomic E-state index is -1.15. The van der Waals surface area contributed by atoms with Crippen LogP contribution in [0.5, 0.6) is 0 Å². The van der Waals surface area contributed by atoms with E-state index in [2.05, 4.69) is 36.3 Å². The van der Waals surface area contributed by atoms with Gasteiger partial charge >= 0.3 is 0 Å². The lowest BCUT2D eigenvalue weighted by Crippen LogP contribution is -2.29. The van der Waals surface area contributed by atoms with Crippen molar-refractivity contribution in [1.82, 2.24) is 10.2 Å². The second-order valence-corrected chi connectivity index (χ2v) is 6.00. The quantitative estimate of drug-likeness (QED) is 0.744. The molecular formula is C12H19N3O2. The zero-order valence-corrected chi connectivity index (χ0v) is 10.5. The van der Waals surface area contributed by atoms with Gasteiger partial charge in [0.1, 0.15) is 5.60 Å². The van der Waals surface area contributed by atoms with Gasteiger partial charge in [-0.05, 0) is 24.7 Å². The average Bonchev–Trinajstić information content (AvgIpc) is 2.78. The highest BCUT2D eigenvalue weighted by molar-refractivity contribution is 5.98. The van der Waals surface area contributed by atoms with Crippen LogP contribution >= 0.6 is 0 Å². The maximum absolute atomic E-state index is 11.6. The van der Waals surface area contributed by atoms with Crippen LogP contribution in [0.4, 0.5) is 5.82 Å². The first-order valence-corrected chi connectivity index (χ1v) is 5.87. The van der Waals surface area contributed by atoms with Crippen LogP contribution in [-0.4, -0.2) is 26.8 Å². The van der Waals surface area contributed by atoms with Crippen molar-refractivity contribution in [2.24, 2.45) is 5.41 Å². The molecule has 0 bridgehead atoms. The molecule has 1 saturated carbocycles. The molecule has 94 valence electrons. The number of rotatable bonds is 3. The van der Waals surface area contributed by atoms with E-state index in [9.17, 15) is 9.90 Å². The molecule has 0 aromatic carbocycles. The van der Waals surface area contributed by atoms with Gasteiger partial charge in [0, 0.05) is 11.8 Å². The van der Waals surface area contributed by atoms with Crippen molar-refractivity contribution in [3.05, 3.63) is 11.8 Å². The molecule has 1 aromatic rings. The van der Waals surface area contributed by atoms with E-state index >= 15 is 0 Å². The number of nitrogens with zero attached hydrogens (tertiary/aromatic N) is 1. The van der Waals surface area contributed by atoms with Gasteiger partial charge in [0.05, 0.1) is 0 Å². The molecule has 0 spiro atoms. The lowest BCUT2D eigenvalue weighted by Gasteiger charge is -2.15. The first kappa shape index (κ1) is 12.1. The molecule has 1 aromatic heterocycles. The SMILES string of the molecule is CC(C)(C)Cc1cc(NC(=O)C2(O)CC2)n[nH]1. The summed E-state index contributed by atoms with van der Waals surface area (Å²) in [6.07, 6.45) is 1.94. The summed E-state index contributed by atoms with van der Waals surface area (Å²) in [4.78, 5) is 11.6. The van der Waals surface area contributed by atoms with Crippen LogP contribution in [0, 0.1) is 5.41 Å². The standard InChI is InChI=1S/C12H19N3O2/c1-11(2,3)7-8-6-9(15-14-8)13-10(16)12(17)4-5-12/h6,17H,4-5,7H2,1-3H3,(H2,13,14,15,16). The maximum atomic E-state index is 11.6. The predicted octanol–water partition coefficient (Wildman–Crippen LogP) is 1.46. The second kappa shape index (κ2) is 3.84. The number of H-pyrrole nitrogens is 1. The molecule has 5 heteroatoms. The summed E-state index contributed by atoms with van der Waals surface area (Å²) in [6.45, 7) is 6.41. The Labute approximate surface area is 101 Å². The summed E-state index contributed by atoms with van der Waals surface area (Å²) in [5.74, 6) is 0.126. The highest BCUT2D eigenvalue weighted by Gasteiger charge is 2.48. The van der Waals surface area contributed by atoms with Gasteiger partial charge in [0.2, 0.25) is 0 Å². The summed E-state index contributed by atoms with van der Waals surface area (Å²) >= 11 is 0. The highest BCUT2D eigenvalue weighted by Crippen LogP contribution is 2.35. The molecule has 0 radical (unpaired) electrons. The number of carbonyl (C=O) groups excluding carboxylic acids is 1.